The van der Waals surface area contributed by atoms with Gasteiger partial charge in [-0.05, 0) is 24.0 Å². The average Bonchev–Trinajstić information content (AvgIpc) is 3.10. The molecule has 1 fully saturated rings. The number of rotatable bonds is 2. The summed E-state index contributed by atoms with van der Waals surface area (Å²) in [6.45, 7) is 0.968. The first-order valence-electron chi connectivity index (χ1n) is 9.55. The molecule has 1 aromatic rings. The Morgan fingerprint density at radius 1 is 1.27 bits per heavy atom. The van der Waals surface area contributed by atoms with Gasteiger partial charge in [-0.3, -0.25) is 9.79 Å². The number of hydrogen-bond donors (Lipinski definition) is 1. The van der Waals surface area contributed by atoms with Gasteiger partial charge in [-0.15, -0.1) is 0 Å². The number of aliphatic imine (C=N–C) groups is 1. The van der Waals surface area contributed by atoms with Crippen molar-refractivity contribution >= 4 is 17.2 Å². The molecule has 0 amide bonds. The topological polar surface area (TPSA) is 89.6 Å². The fourth-order valence-corrected chi connectivity index (χ4v) is 4.51. The molecule has 0 unspecified atom stereocenters. The standard InChI is InChI=1S/C20H18F4N4O2/c21-13-6-12(9-26-14(13)7-25)28-3-1-10(2-4-28)18-16-11(8-27-18)5-15(29)19(30)17(16)20(22,23)24/h6,9-10,17,19,30H,1-5,8H2/t17-,19+/m1/s1. The monoisotopic (exact) mass is 422 g/mol. The van der Waals surface area contributed by atoms with Crippen LogP contribution in [0.2, 0.25) is 0 Å². The molecule has 0 spiro atoms. The highest BCUT2D eigenvalue weighted by atomic mass is 19.4. The van der Waals surface area contributed by atoms with Gasteiger partial charge in [-0.2, -0.15) is 18.4 Å². The Labute approximate surface area is 169 Å². The number of anilines is 1. The van der Waals surface area contributed by atoms with Gasteiger partial charge in [-0.1, -0.05) is 0 Å². The van der Waals surface area contributed by atoms with Crippen molar-refractivity contribution < 1.29 is 27.5 Å². The Morgan fingerprint density at radius 3 is 2.57 bits per heavy atom. The van der Waals surface area contributed by atoms with Gasteiger partial charge in [0.1, 0.15) is 18.1 Å². The summed E-state index contributed by atoms with van der Waals surface area (Å²) in [5.41, 5.74) is 0.882. The second kappa shape index (κ2) is 7.47. The number of carbonyl (C=O) groups excluding carboxylic acids is 1. The minimum absolute atomic E-state index is 0.0147. The van der Waals surface area contributed by atoms with Gasteiger partial charge >= 0.3 is 6.18 Å². The summed E-state index contributed by atoms with van der Waals surface area (Å²) in [5.74, 6) is -4.02. The van der Waals surface area contributed by atoms with E-state index in [1.807, 2.05) is 4.90 Å². The summed E-state index contributed by atoms with van der Waals surface area (Å²) in [7, 11) is 0. The molecule has 6 nitrogen and oxygen atoms in total. The van der Waals surface area contributed by atoms with Crippen LogP contribution < -0.4 is 4.90 Å². The Morgan fingerprint density at radius 2 is 1.97 bits per heavy atom. The number of piperidine rings is 1. The third kappa shape index (κ3) is 3.47. The maximum atomic E-state index is 13.8. The summed E-state index contributed by atoms with van der Waals surface area (Å²) < 4.78 is 54.8. The number of halogens is 4. The Balaban J connectivity index is 1.52. The van der Waals surface area contributed by atoms with Crippen LogP contribution >= 0.6 is 0 Å². The molecule has 0 radical (unpaired) electrons. The van der Waals surface area contributed by atoms with Gasteiger partial charge in [0.2, 0.25) is 0 Å². The number of aliphatic hydroxyl groups is 1. The molecule has 0 aromatic carbocycles. The van der Waals surface area contributed by atoms with E-state index in [2.05, 4.69) is 9.98 Å². The van der Waals surface area contributed by atoms with Crippen molar-refractivity contribution in [3.8, 4) is 6.07 Å². The number of pyridine rings is 1. The van der Waals surface area contributed by atoms with Crippen LogP contribution in [0.5, 0.6) is 0 Å². The molecule has 1 aromatic heterocycles. The number of aromatic nitrogens is 1. The fraction of sp³-hybridized carbons (Fsp3) is 0.500. The average molecular weight is 422 g/mol. The van der Waals surface area contributed by atoms with Crippen LogP contribution in [0.15, 0.2) is 28.4 Å². The van der Waals surface area contributed by atoms with E-state index >= 15 is 0 Å². The highest BCUT2D eigenvalue weighted by Gasteiger charge is 2.54. The van der Waals surface area contributed by atoms with Crippen molar-refractivity contribution in [3.05, 3.63) is 34.9 Å². The lowest BCUT2D eigenvalue weighted by molar-refractivity contribution is -0.190. The summed E-state index contributed by atoms with van der Waals surface area (Å²) in [5, 5.41) is 18.7. The molecule has 10 heteroatoms. The molecule has 1 aliphatic carbocycles. The molecular formula is C20H18F4N4O2. The highest BCUT2D eigenvalue weighted by molar-refractivity contribution is 6.08. The predicted octanol–water partition coefficient (Wildman–Crippen LogP) is 2.57. The van der Waals surface area contributed by atoms with Gasteiger partial charge in [0.25, 0.3) is 0 Å². The van der Waals surface area contributed by atoms with E-state index in [0.29, 0.717) is 42.9 Å². The number of Topliss-reactive ketones (excluding diaryl/α,β-unsaturated/α-hetero) is 1. The second-order valence-electron chi connectivity index (χ2n) is 7.72. The number of nitriles is 1. The smallest absolute Gasteiger partial charge is 0.384 e. The molecular weight excluding hydrogens is 404 g/mol. The van der Waals surface area contributed by atoms with Crippen molar-refractivity contribution in [2.75, 3.05) is 24.5 Å². The zero-order valence-corrected chi connectivity index (χ0v) is 15.8. The number of aliphatic hydroxyl groups excluding tert-OH is 1. The van der Waals surface area contributed by atoms with Crippen LogP contribution in [-0.4, -0.2) is 53.5 Å². The zero-order chi connectivity index (χ0) is 21.6. The van der Waals surface area contributed by atoms with Gasteiger partial charge < -0.3 is 10.0 Å². The van der Waals surface area contributed by atoms with E-state index < -0.39 is 29.8 Å². The van der Waals surface area contributed by atoms with Crippen molar-refractivity contribution in [3.63, 3.8) is 0 Å². The van der Waals surface area contributed by atoms with Gasteiger partial charge in [0, 0.05) is 37.2 Å². The van der Waals surface area contributed by atoms with Crippen LogP contribution in [0.1, 0.15) is 25.0 Å². The SMILES string of the molecule is N#Cc1ncc(N2CCC(C3=NCC4=C3[C@@H](C(F)(F)F)[C@@H](O)C(=O)C4)CC2)cc1F. The molecule has 30 heavy (non-hydrogen) atoms. The normalized spacial score (nSPS) is 25.3. The molecule has 0 bridgehead atoms. The fourth-order valence-electron chi connectivity index (χ4n) is 4.51. The van der Waals surface area contributed by atoms with Gasteiger partial charge in [0.15, 0.2) is 17.3 Å². The molecule has 158 valence electrons. The molecule has 2 aliphatic heterocycles. The number of carbonyl (C=O) groups is 1. The van der Waals surface area contributed by atoms with Crippen LogP contribution in [0, 0.1) is 29.0 Å². The van der Waals surface area contributed by atoms with Crippen molar-refractivity contribution in [2.45, 2.75) is 31.5 Å². The predicted molar refractivity (Wildman–Crippen MR) is 98.4 cm³/mol. The quantitative estimate of drug-likeness (QED) is 0.740. The third-order valence-corrected chi connectivity index (χ3v) is 5.97. The Bertz CT molecular complexity index is 988. The summed E-state index contributed by atoms with van der Waals surface area (Å²) in [6, 6.07) is 2.88. The van der Waals surface area contributed by atoms with E-state index in [-0.39, 0.29) is 30.2 Å². The second-order valence-corrected chi connectivity index (χ2v) is 7.72. The first-order valence-corrected chi connectivity index (χ1v) is 9.55. The largest absolute Gasteiger partial charge is 0.398 e. The first kappa shape index (κ1) is 20.5. The minimum atomic E-state index is -4.74. The Hall–Kier alpha value is -2.80. The lowest BCUT2D eigenvalue weighted by atomic mass is 9.74. The van der Waals surface area contributed by atoms with Gasteiger partial charge in [-0.25, -0.2) is 9.37 Å². The molecule has 2 atom stereocenters. The molecule has 1 N–H and O–H groups in total. The Kier molecular flexibility index (Phi) is 5.10. The zero-order valence-electron chi connectivity index (χ0n) is 15.8. The van der Waals surface area contributed by atoms with Crippen LogP contribution in [0.4, 0.5) is 23.2 Å². The highest BCUT2D eigenvalue weighted by Crippen LogP contribution is 2.45. The van der Waals surface area contributed by atoms with Crippen LogP contribution in [0.25, 0.3) is 0 Å². The molecule has 1 saturated heterocycles. The number of ketones is 1. The van der Waals surface area contributed by atoms with E-state index in [9.17, 15) is 27.5 Å². The van der Waals surface area contributed by atoms with E-state index in [1.54, 1.807) is 6.07 Å². The summed E-state index contributed by atoms with van der Waals surface area (Å²) in [4.78, 5) is 21.8. The molecule has 3 aliphatic rings. The van der Waals surface area contributed by atoms with Crippen molar-refractivity contribution in [2.24, 2.45) is 16.8 Å². The van der Waals surface area contributed by atoms with E-state index in [4.69, 9.17) is 5.26 Å². The summed E-state index contributed by atoms with van der Waals surface area (Å²) >= 11 is 0. The first-order chi connectivity index (χ1) is 14.2. The van der Waals surface area contributed by atoms with Crippen LogP contribution in [0.3, 0.4) is 0 Å². The maximum absolute atomic E-state index is 13.8. The van der Waals surface area contributed by atoms with Crippen molar-refractivity contribution in [1.82, 2.24) is 4.98 Å². The maximum Gasteiger partial charge on any atom is 0.398 e. The lowest BCUT2D eigenvalue weighted by Crippen LogP contribution is -2.46. The molecule has 0 saturated carbocycles. The van der Waals surface area contributed by atoms with Gasteiger partial charge in [0.05, 0.1) is 18.4 Å². The van der Waals surface area contributed by atoms with E-state index in [0.717, 1.165) is 0 Å². The summed E-state index contributed by atoms with van der Waals surface area (Å²) in [6.07, 6.45) is -4.66. The minimum Gasteiger partial charge on any atom is -0.384 e. The molecule has 3 heterocycles. The number of hydrogen-bond acceptors (Lipinski definition) is 6. The van der Waals surface area contributed by atoms with Crippen molar-refractivity contribution in [1.29, 1.82) is 5.26 Å². The van der Waals surface area contributed by atoms with Crippen LogP contribution in [-0.2, 0) is 4.79 Å². The molecule has 4 rings (SSSR count). The number of nitrogens with zero attached hydrogens (tertiary/aromatic N) is 4. The van der Waals surface area contributed by atoms with E-state index in [1.165, 1.54) is 12.3 Å². The lowest BCUT2D eigenvalue weighted by Gasteiger charge is -2.36. The number of alkyl halides is 3. The third-order valence-electron chi connectivity index (χ3n) is 5.97.